The van der Waals surface area contributed by atoms with Crippen LogP contribution in [0.5, 0.6) is 0 Å². The lowest BCUT2D eigenvalue weighted by Gasteiger charge is -2.07. The normalized spacial score (nSPS) is 11.3. The third kappa shape index (κ3) is 2.60. The Kier molecular flexibility index (Phi) is 3.90. The molecule has 0 fully saturated rings. The van der Waals surface area contributed by atoms with Crippen molar-refractivity contribution in [1.29, 1.82) is 0 Å². The maximum Gasteiger partial charge on any atom is 0.350 e. The van der Waals surface area contributed by atoms with Gasteiger partial charge in [-0.15, -0.1) is 5.10 Å². The van der Waals surface area contributed by atoms with Gasteiger partial charge in [0.2, 0.25) is 0 Å². The molecule has 3 heterocycles. The summed E-state index contributed by atoms with van der Waals surface area (Å²) in [6.45, 7) is 6.89. The second-order valence-corrected chi connectivity index (χ2v) is 5.73. The molecule has 0 saturated heterocycles. The number of fused-ring (bicyclic) bond motifs is 1. The Morgan fingerprint density at radius 1 is 1.26 bits per heavy atom. The molecule has 23 heavy (non-hydrogen) atoms. The maximum atomic E-state index is 12.6. The van der Waals surface area contributed by atoms with Crippen molar-refractivity contribution in [3.05, 3.63) is 57.9 Å². The number of hydrogen-bond donors (Lipinski definition) is 0. The van der Waals surface area contributed by atoms with Crippen molar-refractivity contribution in [2.45, 2.75) is 40.3 Å². The third-order valence-corrected chi connectivity index (χ3v) is 4.10. The van der Waals surface area contributed by atoms with Crippen molar-refractivity contribution >= 4 is 11.4 Å². The third-order valence-electron chi connectivity index (χ3n) is 4.10. The Hall–Kier alpha value is -2.63. The van der Waals surface area contributed by atoms with E-state index < -0.39 is 0 Å². The number of nitrogens with zero attached hydrogens (tertiary/aromatic N) is 4. The van der Waals surface area contributed by atoms with E-state index in [2.05, 4.69) is 16.6 Å². The molecular formula is C17H20N4O2. The van der Waals surface area contributed by atoms with Crippen LogP contribution in [0.4, 0.5) is 0 Å². The van der Waals surface area contributed by atoms with E-state index in [-0.39, 0.29) is 18.0 Å². The molecule has 0 aromatic carbocycles. The largest absolute Gasteiger partial charge is 0.350 e. The van der Waals surface area contributed by atoms with Gasteiger partial charge >= 0.3 is 5.69 Å². The van der Waals surface area contributed by atoms with Gasteiger partial charge in [0.25, 0.3) is 0 Å². The molecule has 0 aliphatic rings. The molecule has 0 amide bonds. The average Bonchev–Trinajstić information content (AvgIpc) is 3.00. The van der Waals surface area contributed by atoms with Gasteiger partial charge < -0.3 is 4.57 Å². The zero-order valence-corrected chi connectivity index (χ0v) is 13.6. The van der Waals surface area contributed by atoms with E-state index >= 15 is 0 Å². The molecule has 3 rings (SSSR count). The Balaban J connectivity index is 1.94. The smallest absolute Gasteiger partial charge is 0.348 e. The summed E-state index contributed by atoms with van der Waals surface area (Å²) in [5.74, 6) is -0.0917. The zero-order valence-electron chi connectivity index (χ0n) is 13.6. The highest BCUT2D eigenvalue weighted by Gasteiger charge is 2.17. The Bertz CT molecular complexity index is 930. The van der Waals surface area contributed by atoms with Crippen LogP contribution < -0.4 is 5.69 Å². The van der Waals surface area contributed by atoms with Crippen molar-refractivity contribution in [2.24, 2.45) is 0 Å². The highest BCUT2D eigenvalue weighted by molar-refractivity contribution is 5.97. The van der Waals surface area contributed by atoms with Crippen LogP contribution in [0.3, 0.4) is 0 Å². The molecule has 3 aromatic heterocycles. The second-order valence-electron chi connectivity index (χ2n) is 5.73. The molecular weight excluding hydrogens is 292 g/mol. The minimum absolute atomic E-state index is 0.0447. The quantitative estimate of drug-likeness (QED) is 0.679. The number of rotatable bonds is 5. The van der Waals surface area contributed by atoms with Crippen LogP contribution in [0, 0.1) is 13.8 Å². The molecule has 0 spiro atoms. The molecule has 0 N–H and O–H groups in total. The predicted octanol–water partition coefficient (Wildman–Crippen LogP) is 2.21. The lowest BCUT2D eigenvalue weighted by Crippen LogP contribution is -2.25. The molecule has 0 saturated carbocycles. The Labute approximate surface area is 134 Å². The summed E-state index contributed by atoms with van der Waals surface area (Å²) in [5.41, 5.74) is 2.93. The number of ketones is 1. The summed E-state index contributed by atoms with van der Waals surface area (Å²) < 4.78 is 4.80. The summed E-state index contributed by atoms with van der Waals surface area (Å²) in [4.78, 5) is 24.9. The van der Waals surface area contributed by atoms with Crippen LogP contribution >= 0.6 is 0 Å². The monoisotopic (exact) mass is 312 g/mol. The number of hydrogen-bond acceptors (Lipinski definition) is 3. The standard InChI is InChI=1S/C17H20N4O2/c1-4-8-19-12(2)10-14(13(19)3)15(22)11-21-17(23)20-9-6-5-7-16(20)18-21/h5-7,9-10H,4,8,11H2,1-3H3. The van der Waals surface area contributed by atoms with Gasteiger partial charge in [-0.2, -0.15) is 0 Å². The van der Waals surface area contributed by atoms with Crippen molar-refractivity contribution < 1.29 is 4.79 Å². The fourth-order valence-corrected chi connectivity index (χ4v) is 2.94. The SMILES string of the molecule is CCCn1c(C)cc(C(=O)Cn2nc3ccccn3c2=O)c1C. The first-order valence-corrected chi connectivity index (χ1v) is 7.77. The Morgan fingerprint density at radius 2 is 2.04 bits per heavy atom. The number of aromatic nitrogens is 4. The molecule has 6 heteroatoms. The van der Waals surface area contributed by atoms with Gasteiger partial charge in [-0.25, -0.2) is 9.48 Å². The summed E-state index contributed by atoms with van der Waals surface area (Å²) in [5, 5.41) is 4.21. The van der Waals surface area contributed by atoms with Gasteiger partial charge in [0, 0.05) is 29.7 Å². The lowest BCUT2D eigenvalue weighted by atomic mass is 10.1. The lowest BCUT2D eigenvalue weighted by molar-refractivity contribution is 0.0965. The van der Waals surface area contributed by atoms with Crippen LogP contribution in [0.25, 0.3) is 5.65 Å². The van der Waals surface area contributed by atoms with E-state index in [1.54, 1.807) is 18.3 Å². The van der Waals surface area contributed by atoms with Gasteiger partial charge in [0.1, 0.15) is 6.54 Å². The fraction of sp³-hybridized carbons (Fsp3) is 0.353. The van der Waals surface area contributed by atoms with Crippen molar-refractivity contribution in [3.8, 4) is 0 Å². The highest BCUT2D eigenvalue weighted by Crippen LogP contribution is 2.16. The van der Waals surface area contributed by atoms with E-state index in [0.717, 1.165) is 24.4 Å². The topological polar surface area (TPSA) is 61.3 Å². The Morgan fingerprint density at radius 3 is 2.74 bits per heavy atom. The zero-order chi connectivity index (χ0) is 16.6. The van der Waals surface area contributed by atoms with E-state index in [4.69, 9.17) is 0 Å². The van der Waals surface area contributed by atoms with Crippen molar-refractivity contribution in [2.75, 3.05) is 0 Å². The molecule has 0 unspecified atom stereocenters. The van der Waals surface area contributed by atoms with E-state index in [1.807, 2.05) is 26.0 Å². The van der Waals surface area contributed by atoms with Gasteiger partial charge in [-0.3, -0.25) is 9.20 Å². The van der Waals surface area contributed by atoms with Gasteiger partial charge in [-0.05, 0) is 38.5 Å². The average molecular weight is 312 g/mol. The van der Waals surface area contributed by atoms with Crippen molar-refractivity contribution in [1.82, 2.24) is 18.7 Å². The summed E-state index contributed by atoms with van der Waals surface area (Å²) in [6, 6.07) is 7.22. The molecule has 0 atom stereocenters. The van der Waals surface area contributed by atoms with E-state index in [0.29, 0.717) is 11.2 Å². The van der Waals surface area contributed by atoms with Gasteiger partial charge in [0.15, 0.2) is 11.4 Å². The number of Topliss-reactive ketones (excluding diaryl/α,β-unsaturated/α-hetero) is 1. The van der Waals surface area contributed by atoms with Gasteiger partial charge in [-0.1, -0.05) is 13.0 Å². The summed E-state index contributed by atoms with van der Waals surface area (Å²) in [7, 11) is 0. The van der Waals surface area contributed by atoms with Crippen LogP contribution in [0.2, 0.25) is 0 Å². The van der Waals surface area contributed by atoms with E-state index in [9.17, 15) is 9.59 Å². The molecule has 0 radical (unpaired) electrons. The predicted molar refractivity (Wildman–Crippen MR) is 88.0 cm³/mol. The number of carbonyl (C=O) groups is 1. The maximum absolute atomic E-state index is 12.6. The second kappa shape index (κ2) is 5.87. The molecule has 3 aromatic rings. The van der Waals surface area contributed by atoms with Crippen LogP contribution in [0.1, 0.15) is 35.1 Å². The molecule has 6 nitrogen and oxygen atoms in total. The van der Waals surface area contributed by atoms with Crippen LogP contribution in [-0.4, -0.2) is 24.5 Å². The van der Waals surface area contributed by atoms with E-state index in [1.165, 1.54) is 9.08 Å². The fourth-order valence-electron chi connectivity index (χ4n) is 2.94. The van der Waals surface area contributed by atoms with Gasteiger partial charge in [0.05, 0.1) is 0 Å². The number of aryl methyl sites for hydroxylation is 1. The molecule has 0 bridgehead atoms. The summed E-state index contributed by atoms with van der Waals surface area (Å²) in [6.07, 6.45) is 2.66. The minimum atomic E-state index is -0.295. The molecule has 0 aliphatic heterocycles. The summed E-state index contributed by atoms with van der Waals surface area (Å²) >= 11 is 0. The van der Waals surface area contributed by atoms with Crippen molar-refractivity contribution in [3.63, 3.8) is 0 Å². The van der Waals surface area contributed by atoms with Crippen LogP contribution in [-0.2, 0) is 13.1 Å². The number of carbonyl (C=O) groups excluding carboxylic acids is 1. The molecule has 0 aliphatic carbocycles. The minimum Gasteiger partial charge on any atom is -0.348 e. The number of pyridine rings is 1. The first-order chi connectivity index (χ1) is 11.0. The van der Waals surface area contributed by atoms with Crippen LogP contribution in [0.15, 0.2) is 35.3 Å². The molecule has 120 valence electrons. The first kappa shape index (κ1) is 15.3. The first-order valence-electron chi connectivity index (χ1n) is 7.77. The highest BCUT2D eigenvalue weighted by atomic mass is 16.2.